The van der Waals surface area contributed by atoms with Gasteiger partial charge in [-0.05, 0) is 30.1 Å². The number of rotatable bonds is 6. The number of aryl methyl sites for hydroxylation is 1. The number of carbonyl (C=O) groups is 1. The predicted octanol–water partition coefficient (Wildman–Crippen LogP) is 2.21. The molecule has 0 bridgehead atoms. The molecule has 6 heteroatoms. The van der Waals surface area contributed by atoms with Crippen LogP contribution in [0.15, 0.2) is 29.9 Å². The second kappa shape index (κ2) is 6.49. The Kier molecular flexibility index (Phi) is 4.70. The van der Waals surface area contributed by atoms with Gasteiger partial charge in [-0.25, -0.2) is 4.79 Å². The van der Waals surface area contributed by atoms with Crippen LogP contribution in [0, 0.1) is 0 Å². The highest BCUT2D eigenvalue weighted by Crippen LogP contribution is 2.18. The van der Waals surface area contributed by atoms with Gasteiger partial charge in [0.2, 0.25) is 0 Å². The van der Waals surface area contributed by atoms with E-state index in [2.05, 4.69) is 17.0 Å². The van der Waals surface area contributed by atoms with Crippen molar-refractivity contribution in [2.45, 2.75) is 13.1 Å². The molecule has 0 unspecified atom stereocenters. The van der Waals surface area contributed by atoms with Gasteiger partial charge in [0.1, 0.15) is 0 Å². The number of thiophene rings is 1. The number of aromatic nitrogens is 2. The summed E-state index contributed by atoms with van der Waals surface area (Å²) in [6, 6.07) is 2.02. The summed E-state index contributed by atoms with van der Waals surface area (Å²) in [6.45, 7) is 1.67. The Morgan fingerprint density at radius 3 is 3.00 bits per heavy atom. The molecule has 0 saturated carbocycles. The van der Waals surface area contributed by atoms with Crippen molar-refractivity contribution >= 4 is 23.4 Å². The van der Waals surface area contributed by atoms with E-state index in [0.29, 0.717) is 0 Å². The molecule has 0 fully saturated rings. The minimum atomic E-state index is -0.925. The lowest BCUT2D eigenvalue weighted by Crippen LogP contribution is -2.16. The fraction of sp³-hybridized carbons (Fsp3) is 0.286. The van der Waals surface area contributed by atoms with Crippen LogP contribution in [-0.4, -0.2) is 32.8 Å². The van der Waals surface area contributed by atoms with E-state index in [4.69, 9.17) is 5.11 Å². The second-order valence-corrected chi connectivity index (χ2v) is 5.71. The molecule has 0 aliphatic carbocycles. The normalized spacial score (nSPS) is 11.6. The van der Waals surface area contributed by atoms with Gasteiger partial charge in [0.05, 0.1) is 6.20 Å². The Bertz CT molecular complexity index is 615. The number of carboxylic acid groups (broad SMARTS) is 1. The van der Waals surface area contributed by atoms with Crippen LogP contribution in [0.4, 0.5) is 0 Å². The van der Waals surface area contributed by atoms with E-state index in [9.17, 15) is 4.79 Å². The fourth-order valence-corrected chi connectivity index (χ4v) is 2.86. The number of hydrogen-bond acceptors (Lipinski definition) is 4. The summed E-state index contributed by atoms with van der Waals surface area (Å²) in [4.78, 5) is 13.9. The van der Waals surface area contributed by atoms with Crippen molar-refractivity contribution in [1.82, 2.24) is 14.7 Å². The maximum absolute atomic E-state index is 10.5. The largest absolute Gasteiger partial charge is 0.478 e. The number of nitrogens with zero attached hydrogens (tertiary/aromatic N) is 3. The summed E-state index contributed by atoms with van der Waals surface area (Å²) in [5.74, 6) is -0.925. The Labute approximate surface area is 121 Å². The monoisotopic (exact) mass is 291 g/mol. The quantitative estimate of drug-likeness (QED) is 0.829. The van der Waals surface area contributed by atoms with Gasteiger partial charge in [0.25, 0.3) is 0 Å². The van der Waals surface area contributed by atoms with Crippen molar-refractivity contribution in [2.75, 3.05) is 7.05 Å². The van der Waals surface area contributed by atoms with Crippen LogP contribution in [-0.2, 0) is 24.9 Å². The molecule has 0 aliphatic rings. The Balaban J connectivity index is 1.91. The van der Waals surface area contributed by atoms with E-state index < -0.39 is 5.97 Å². The van der Waals surface area contributed by atoms with Gasteiger partial charge >= 0.3 is 5.97 Å². The van der Waals surface area contributed by atoms with Gasteiger partial charge in [-0.15, -0.1) is 11.3 Å². The van der Waals surface area contributed by atoms with E-state index in [1.54, 1.807) is 22.1 Å². The minimum absolute atomic E-state index is 0.834. The summed E-state index contributed by atoms with van der Waals surface area (Å²) in [5, 5.41) is 14.7. The molecule has 2 heterocycles. The summed E-state index contributed by atoms with van der Waals surface area (Å²) in [6.07, 6.45) is 6.65. The molecule has 20 heavy (non-hydrogen) atoms. The molecule has 0 amide bonds. The molecule has 0 atom stereocenters. The first-order chi connectivity index (χ1) is 9.52. The summed E-state index contributed by atoms with van der Waals surface area (Å²) in [7, 11) is 3.96. The zero-order chi connectivity index (χ0) is 14.5. The van der Waals surface area contributed by atoms with Gasteiger partial charge in [0.15, 0.2) is 0 Å². The lowest BCUT2D eigenvalue weighted by atomic mass is 10.2. The van der Waals surface area contributed by atoms with Crippen molar-refractivity contribution in [2.24, 2.45) is 7.05 Å². The maximum atomic E-state index is 10.5. The zero-order valence-corrected chi connectivity index (χ0v) is 12.3. The number of hydrogen-bond donors (Lipinski definition) is 1. The van der Waals surface area contributed by atoms with E-state index in [-0.39, 0.29) is 0 Å². The molecular weight excluding hydrogens is 274 g/mol. The van der Waals surface area contributed by atoms with Crippen molar-refractivity contribution in [3.63, 3.8) is 0 Å². The van der Waals surface area contributed by atoms with Crippen molar-refractivity contribution < 1.29 is 9.90 Å². The first kappa shape index (κ1) is 14.5. The van der Waals surface area contributed by atoms with Gasteiger partial charge in [-0.3, -0.25) is 9.58 Å². The molecule has 0 radical (unpaired) electrons. The third-order valence-electron chi connectivity index (χ3n) is 2.73. The zero-order valence-electron chi connectivity index (χ0n) is 11.5. The van der Waals surface area contributed by atoms with Gasteiger partial charge in [0, 0.05) is 42.9 Å². The Morgan fingerprint density at radius 2 is 2.35 bits per heavy atom. The third kappa shape index (κ3) is 4.32. The van der Waals surface area contributed by atoms with Crippen LogP contribution >= 0.6 is 11.3 Å². The van der Waals surface area contributed by atoms with E-state index in [1.165, 1.54) is 10.4 Å². The highest BCUT2D eigenvalue weighted by atomic mass is 32.1. The summed E-state index contributed by atoms with van der Waals surface area (Å²) >= 11 is 1.64. The second-order valence-electron chi connectivity index (χ2n) is 4.71. The molecule has 2 aromatic rings. The molecule has 0 saturated heterocycles. The fourth-order valence-electron chi connectivity index (χ4n) is 1.92. The SMILES string of the molecule is CN(Cc1cnn(C)c1)Cc1cc(C=CC(=O)O)cs1. The summed E-state index contributed by atoms with van der Waals surface area (Å²) in [5.41, 5.74) is 2.11. The lowest BCUT2D eigenvalue weighted by Gasteiger charge is -2.13. The molecule has 2 aromatic heterocycles. The smallest absolute Gasteiger partial charge is 0.328 e. The summed E-state index contributed by atoms with van der Waals surface area (Å²) < 4.78 is 1.79. The Morgan fingerprint density at radius 1 is 1.55 bits per heavy atom. The maximum Gasteiger partial charge on any atom is 0.328 e. The highest BCUT2D eigenvalue weighted by molar-refractivity contribution is 7.10. The van der Waals surface area contributed by atoms with Crippen LogP contribution in [0.2, 0.25) is 0 Å². The van der Waals surface area contributed by atoms with Crippen molar-refractivity contribution in [3.05, 3.63) is 45.9 Å². The third-order valence-corrected chi connectivity index (χ3v) is 3.67. The van der Waals surface area contributed by atoms with E-state index >= 15 is 0 Å². The number of aliphatic carboxylic acids is 1. The molecule has 5 nitrogen and oxygen atoms in total. The van der Waals surface area contributed by atoms with Crippen LogP contribution in [0.3, 0.4) is 0 Å². The topological polar surface area (TPSA) is 58.4 Å². The van der Waals surface area contributed by atoms with Gasteiger partial charge in [-0.2, -0.15) is 5.10 Å². The van der Waals surface area contributed by atoms with Crippen molar-refractivity contribution in [3.8, 4) is 0 Å². The van der Waals surface area contributed by atoms with E-state index in [0.717, 1.165) is 24.7 Å². The molecule has 0 aromatic carbocycles. The first-order valence-corrected chi connectivity index (χ1v) is 7.05. The van der Waals surface area contributed by atoms with Crippen LogP contribution in [0.5, 0.6) is 0 Å². The molecule has 1 N–H and O–H groups in total. The molecule has 0 aliphatic heterocycles. The standard InChI is InChI=1S/C14H17N3O2S/c1-16(7-12-6-15-17(2)8-12)9-13-5-11(10-20-13)3-4-14(18)19/h3-6,8,10H,7,9H2,1-2H3,(H,18,19). The average molecular weight is 291 g/mol. The Hall–Kier alpha value is -1.92. The van der Waals surface area contributed by atoms with E-state index in [1.807, 2.05) is 30.9 Å². The first-order valence-electron chi connectivity index (χ1n) is 6.17. The van der Waals surface area contributed by atoms with Crippen LogP contribution < -0.4 is 0 Å². The molecule has 0 spiro atoms. The highest BCUT2D eigenvalue weighted by Gasteiger charge is 2.05. The average Bonchev–Trinajstić information content (AvgIpc) is 2.96. The molecule has 106 valence electrons. The van der Waals surface area contributed by atoms with Gasteiger partial charge < -0.3 is 5.11 Å². The number of carboxylic acids is 1. The predicted molar refractivity (Wildman–Crippen MR) is 79.4 cm³/mol. The lowest BCUT2D eigenvalue weighted by molar-refractivity contribution is -0.131. The van der Waals surface area contributed by atoms with Crippen LogP contribution in [0.25, 0.3) is 6.08 Å². The minimum Gasteiger partial charge on any atom is -0.478 e. The van der Waals surface area contributed by atoms with Crippen molar-refractivity contribution in [1.29, 1.82) is 0 Å². The van der Waals surface area contributed by atoms with Gasteiger partial charge in [-0.1, -0.05) is 0 Å². The molecule has 2 rings (SSSR count). The van der Waals surface area contributed by atoms with Crippen LogP contribution in [0.1, 0.15) is 16.0 Å². The molecular formula is C14H17N3O2S.